The van der Waals surface area contributed by atoms with E-state index in [0.29, 0.717) is 43.4 Å². The van der Waals surface area contributed by atoms with E-state index in [4.69, 9.17) is 24.7 Å². The van der Waals surface area contributed by atoms with Gasteiger partial charge in [0.1, 0.15) is 17.2 Å². The molecular formula is C18H28N2O5. The van der Waals surface area contributed by atoms with Crippen LogP contribution in [0, 0.1) is 5.92 Å². The number of amides is 1. The third kappa shape index (κ3) is 4.99. The van der Waals surface area contributed by atoms with Crippen LogP contribution >= 0.6 is 0 Å². The molecule has 25 heavy (non-hydrogen) atoms. The van der Waals surface area contributed by atoms with Crippen LogP contribution in [0.25, 0.3) is 0 Å². The van der Waals surface area contributed by atoms with E-state index in [1.165, 1.54) is 0 Å². The number of hydrogen-bond donors (Lipinski definition) is 2. The van der Waals surface area contributed by atoms with E-state index in [0.717, 1.165) is 18.4 Å². The van der Waals surface area contributed by atoms with Crippen molar-refractivity contribution in [2.45, 2.75) is 25.3 Å². The van der Waals surface area contributed by atoms with Crippen molar-refractivity contribution in [1.29, 1.82) is 0 Å². The van der Waals surface area contributed by atoms with Gasteiger partial charge in [0, 0.05) is 37.5 Å². The molecular weight excluding hydrogens is 324 g/mol. The molecule has 1 fully saturated rings. The molecule has 1 atom stereocenters. The van der Waals surface area contributed by atoms with Crippen LogP contribution < -0.4 is 25.3 Å². The topological polar surface area (TPSA) is 92.0 Å². The van der Waals surface area contributed by atoms with Gasteiger partial charge in [0.25, 0.3) is 0 Å². The number of carbonyl (C=O) groups is 1. The van der Waals surface area contributed by atoms with Gasteiger partial charge < -0.3 is 30.0 Å². The van der Waals surface area contributed by atoms with Gasteiger partial charge in [-0.25, -0.2) is 0 Å². The largest absolute Gasteiger partial charge is 0.496 e. The molecule has 7 nitrogen and oxygen atoms in total. The monoisotopic (exact) mass is 352 g/mol. The predicted octanol–water partition coefficient (Wildman–Crippen LogP) is 1.13. The lowest BCUT2D eigenvalue weighted by Gasteiger charge is -2.26. The maximum atomic E-state index is 12.3. The number of hydrogen-bond acceptors (Lipinski definition) is 6. The van der Waals surface area contributed by atoms with Gasteiger partial charge in [-0.1, -0.05) is 0 Å². The summed E-state index contributed by atoms with van der Waals surface area (Å²) in [6, 6.07) is 3.10. The van der Waals surface area contributed by atoms with E-state index in [9.17, 15) is 4.79 Å². The lowest BCUT2D eigenvalue weighted by molar-refractivity contribution is -0.124. The van der Waals surface area contributed by atoms with Gasteiger partial charge in [-0.2, -0.15) is 0 Å². The molecule has 0 aliphatic carbocycles. The second-order valence-corrected chi connectivity index (χ2v) is 6.03. The summed E-state index contributed by atoms with van der Waals surface area (Å²) in [7, 11) is 4.78. The molecule has 1 saturated heterocycles. The third-order valence-electron chi connectivity index (χ3n) is 4.57. The zero-order chi connectivity index (χ0) is 18.2. The number of ether oxygens (including phenoxy) is 4. The first-order valence-corrected chi connectivity index (χ1v) is 8.50. The van der Waals surface area contributed by atoms with Crippen LogP contribution in [0.3, 0.4) is 0 Å². The van der Waals surface area contributed by atoms with E-state index >= 15 is 0 Å². The minimum absolute atomic E-state index is 0.127. The fraction of sp³-hybridized carbons (Fsp3) is 0.611. The number of benzene rings is 1. The predicted molar refractivity (Wildman–Crippen MR) is 94.3 cm³/mol. The molecule has 140 valence electrons. The molecule has 1 amide bonds. The van der Waals surface area contributed by atoms with E-state index in [1.54, 1.807) is 33.5 Å². The quantitative estimate of drug-likeness (QED) is 0.729. The van der Waals surface area contributed by atoms with E-state index < -0.39 is 6.04 Å². The molecule has 0 aromatic heterocycles. The summed E-state index contributed by atoms with van der Waals surface area (Å²) in [6.07, 6.45) is 2.23. The summed E-state index contributed by atoms with van der Waals surface area (Å²) < 4.78 is 21.4. The summed E-state index contributed by atoms with van der Waals surface area (Å²) >= 11 is 0. The Morgan fingerprint density at radius 1 is 1.20 bits per heavy atom. The first-order valence-electron chi connectivity index (χ1n) is 8.50. The molecule has 1 aromatic carbocycles. The van der Waals surface area contributed by atoms with Crippen molar-refractivity contribution in [2.75, 3.05) is 41.1 Å². The Bertz CT molecular complexity index is 548. The van der Waals surface area contributed by atoms with Crippen molar-refractivity contribution in [1.82, 2.24) is 5.32 Å². The highest BCUT2D eigenvalue weighted by molar-refractivity contribution is 5.81. The first-order chi connectivity index (χ1) is 12.1. The second kappa shape index (κ2) is 9.48. The Balaban J connectivity index is 1.95. The first kappa shape index (κ1) is 19.3. The van der Waals surface area contributed by atoms with Crippen LogP contribution in [0.4, 0.5) is 0 Å². The molecule has 0 radical (unpaired) electrons. The number of rotatable bonds is 8. The van der Waals surface area contributed by atoms with Gasteiger partial charge in [0.05, 0.1) is 27.4 Å². The number of nitrogens with two attached hydrogens (primary N) is 1. The van der Waals surface area contributed by atoms with Crippen molar-refractivity contribution in [3.8, 4) is 17.2 Å². The number of carbonyl (C=O) groups excluding carboxylic acids is 1. The van der Waals surface area contributed by atoms with E-state index in [-0.39, 0.29) is 11.8 Å². The molecule has 0 spiro atoms. The van der Waals surface area contributed by atoms with E-state index in [2.05, 4.69) is 5.32 Å². The smallest absolute Gasteiger partial charge is 0.237 e. The maximum absolute atomic E-state index is 12.3. The molecule has 1 aliphatic rings. The number of methoxy groups -OCH3 is 3. The van der Waals surface area contributed by atoms with Crippen LogP contribution in [0.15, 0.2) is 12.1 Å². The summed E-state index contributed by atoms with van der Waals surface area (Å²) in [6.45, 7) is 1.80. The van der Waals surface area contributed by atoms with Gasteiger partial charge in [-0.05, 0) is 25.2 Å². The Hall–Kier alpha value is -1.99. The molecule has 3 N–H and O–H groups in total. The Morgan fingerprint density at radius 3 is 2.32 bits per heavy atom. The lowest BCUT2D eigenvalue weighted by atomic mass is 9.92. The minimum atomic E-state index is -0.497. The SMILES string of the molecule is COc1cc(OC)c(CCNC(=O)C(N)C2CCOCC2)c(OC)c1. The van der Waals surface area contributed by atoms with Gasteiger partial charge in [0.15, 0.2) is 0 Å². The summed E-state index contributed by atoms with van der Waals surface area (Å²) in [5.74, 6) is 2.04. The Morgan fingerprint density at radius 2 is 1.80 bits per heavy atom. The van der Waals surface area contributed by atoms with Crippen LogP contribution in [-0.4, -0.2) is 53.0 Å². The molecule has 0 bridgehead atoms. The van der Waals surface area contributed by atoms with Crippen molar-refractivity contribution >= 4 is 5.91 Å². The minimum Gasteiger partial charge on any atom is -0.496 e. The van der Waals surface area contributed by atoms with E-state index in [1.807, 2.05) is 0 Å². The average molecular weight is 352 g/mol. The molecule has 2 rings (SSSR count). The van der Waals surface area contributed by atoms with Crippen molar-refractivity contribution in [3.63, 3.8) is 0 Å². The lowest BCUT2D eigenvalue weighted by Crippen LogP contribution is -2.47. The van der Waals surface area contributed by atoms with Crippen molar-refractivity contribution in [3.05, 3.63) is 17.7 Å². The highest BCUT2D eigenvalue weighted by Crippen LogP contribution is 2.34. The fourth-order valence-corrected chi connectivity index (χ4v) is 3.04. The standard InChI is InChI=1S/C18H28N2O5/c1-22-13-10-15(23-2)14(16(11-13)24-3)4-7-20-18(21)17(19)12-5-8-25-9-6-12/h10-12,17H,4-9,19H2,1-3H3,(H,20,21). The Labute approximate surface area is 148 Å². The Kier molecular flexibility index (Phi) is 7.33. The maximum Gasteiger partial charge on any atom is 0.237 e. The third-order valence-corrected chi connectivity index (χ3v) is 4.57. The van der Waals surface area contributed by atoms with Crippen LogP contribution in [0.5, 0.6) is 17.2 Å². The van der Waals surface area contributed by atoms with Crippen molar-refractivity contribution < 1.29 is 23.7 Å². The molecule has 7 heteroatoms. The molecule has 1 heterocycles. The second-order valence-electron chi connectivity index (χ2n) is 6.03. The zero-order valence-electron chi connectivity index (χ0n) is 15.2. The zero-order valence-corrected chi connectivity index (χ0v) is 15.2. The van der Waals surface area contributed by atoms with Crippen molar-refractivity contribution in [2.24, 2.45) is 11.7 Å². The molecule has 1 unspecified atom stereocenters. The summed E-state index contributed by atoms with van der Waals surface area (Å²) in [5.41, 5.74) is 6.97. The van der Waals surface area contributed by atoms with Crippen LogP contribution in [0.1, 0.15) is 18.4 Å². The number of nitrogens with one attached hydrogen (secondary N) is 1. The molecule has 1 aromatic rings. The molecule has 0 saturated carbocycles. The van der Waals surface area contributed by atoms with Crippen LogP contribution in [-0.2, 0) is 16.0 Å². The van der Waals surface area contributed by atoms with Gasteiger partial charge >= 0.3 is 0 Å². The summed E-state index contributed by atoms with van der Waals surface area (Å²) in [5, 5.41) is 2.91. The van der Waals surface area contributed by atoms with Gasteiger partial charge in [0.2, 0.25) is 5.91 Å². The average Bonchev–Trinajstić information content (AvgIpc) is 2.67. The molecule has 1 aliphatic heterocycles. The fourth-order valence-electron chi connectivity index (χ4n) is 3.04. The highest BCUT2D eigenvalue weighted by atomic mass is 16.5. The van der Waals surface area contributed by atoms with Gasteiger partial charge in [-0.15, -0.1) is 0 Å². The van der Waals surface area contributed by atoms with Crippen LogP contribution in [0.2, 0.25) is 0 Å². The highest BCUT2D eigenvalue weighted by Gasteiger charge is 2.26. The normalized spacial score (nSPS) is 16.2. The summed E-state index contributed by atoms with van der Waals surface area (Å²) in [4.78, 5) is 12.3. The van der Waals surface area contributed by atoms with Gasteiger partial charge in [-0.3, -0.25) is 4.79 Å².